The summed E-state index contributed by atoms with van der Waals surface area (Å²) in [6.07, 6.45) is 7.85. The highest BCUT2D eigenvalue weighted by atomic mass is 16.1. The molecule has 1 aliphatic heterocycles. The molecule has 4 rings (SSSR count). The Hall–Kier alpha value is -3.00. The maximum atomic E-state index is 12.5. The van der Waals surface area contributed by atoms with E-state index in [9.17, 15) is 4.79 Å². The van der Waals surface area contributed by atoms with Crippen molar-refractivity contribution in [2.75, 3.05) is 6.54 Å². The highest BCUT2D eigenvalue weighted by Crippen LogP contribution is 2.24. The number of pyridine rings is 1. The fraction of sp³-hybridized carbons (Fsp3) is 0.368. The highest BCUT2D eigenvalue weighted by molar-refractivity contribution is 5.76. The van der Waals surface area contributed by atoms with Gasteiger partial charge in [-0.15, -0.1) is 0 Å². The normalized spacial score (nSPS) is 16.9. The van der Waals surface area contributed by atoms with Gasteiger partial charge < -0.3 is 5.32 Å². The van der Waals surface area contributed by atoms with E-state index in [1.165, 1.54) is 5.56 Å². The molecule has 0 aliphatic carbocycles. The predicted octanol–water partition coefficient (Wildman–Crippen LogP) is 1.27. The van der Waals surface area contributed by atoms with E-state index in [2.05, 4.69) is 25.4 Å². The Bertz CT molecular complexity index is 902. The Morgan fingerprint density at radius 3 is 2.96 bits per heavy atom. The van der Waals surface area contributed by atoms with Crippen LogP contribution in [0.15, 0.2) is 49.1 Å². The lowest BCUT2D eigenvalue weighted by atomic mass is 10.1. The van der Waals surface area contributed by atoms with Crippen molar-refractivity contribution in [1.82, 2.24) is 34.8 Å². The third-order valence-electron chi connectivity index (χ3n) is 4.73. The van der Waals surface area contributed by atoms with Crippen molar-refractivity contribution in [2.45, 2.75) is 32.1 Å². The minimum Gasteiger partial charge on any atom is -0.350 e. The Morgan fingerprint density at radius 1 is 1.26 bits per heavy atom. The fourth-order valence-corrected chi connectivity index (χ4v) is 3.53. The van der Waals surface area contributed by atoms with Gasteiger partial charge >= 0.3 is 0 Å². The van der Waals surface area contributed by atoms with Crippen LogP contribution >= 0.6 is 0 Å². The van der Waals surface area contributed by atoms with Gasteiger partial charge in [-0.1, -0.05) is 6.07 Å². The zero-order chi connectivity index (χ0) is 18.6. The van der Waals surface area contributed by atoms with Crippen molar-refractivity contribution in [3.8, 4) is 0 Å². The Kier molecular flexibility index (Phi) is 4.97. The number of nitrogens with zero attached hydrogens (tertiary/aromatic N) is 6. The van der Waals surface area contributed by atoms with Crippen LogP contribution in [0.2, 0.25) is 0 Å². The van der Waals surface area contributed by atoms with Crippen LogP contribution in [-0.2, 0) is 31.5 Å². The number of fused-ring (bicyclic) bond motifs is 1. The van der Waals surface area contributed by atoms with Crippen molar-refractivity contribution < 1.29 is 4.79 Å². The van der Waals surface area contributed by atoms with Gasteiger partial charge in [-0.2, -0.15) is 10.2 Å². The number of hydrogen-bond acceptors (Lipinski definition) is 5. The first-order chi connectivity index (χ1) is 13.2. The topological polar surface area (TPSA) is 80.9 Å². The van der Waals surface area contributed by atoms with Crippen molar-refractivity contribution in [3.05, 3.63) is 66.0 Å². The minimum atomic E-state index is 0.00957. The molecule has 3 aromatic heterocycles. The van der Waals surface area contributed by atoms with E-state index in [0.29, 0.717) is 13.0 Å². The lowest BCUT2D eigenvalue weighted by Gasteiger charge is -2.33. The van der Waals surface area contributed by atoms with E-state index in [0.717, 1.165) is 31.0 Å². The van der Waals surface area contributed by atoms with E-state index in [1.807, 2.05) is 59.3 Å². The van der Waals surface area contributed by atoms with Crippen LogP contribution in [-0.4, -0.2) is 41.9 Å². The summed E-state index contributed by atoms with van der Waals surface area (Å²) in [5, 5.41) is 11.6. The molecule has 0 bridgehead atoms. The monoisotopic (exact) mass is 365 g/mol. The first-order valence-corrected chi connectivity index (χ1v) is 9.06. The van der Waals surface area contributed by atoms with Gasteiger partial charge in [0.1, 0.15) is 0 Å². The summed E-state index contributed by atoms with van der Waals surface area (Å²) in [6.45, 7) is 2.85. The van der Waals surface area contributed by atoms with Crippen molar-refractivity contribution in [1.29, 1.82) is 0 Å². The first-order valence-electron chi connectivity index (χ1n) is 9.06. The third kappa shape index (κ3) is 4.22. The maximum Gasteiger partial charge on any atom is 0.222 e. The van der Waals surface area contributed by atoms with Gasteiger partial charge in [0.15, 0.2) is 0 Å². The molecule has 0 aromatic carbocycles. The predicted molar refractivity (Wildman–Crippen MR) is 99.3 cm³/mol. The summed E-state index contributed by atoms with van der Waals surface area (Å²) < 4.78 is 3.80. The minimum absolute atomic E-state index is 0.00957. The SMILES string of the molecule is Cn1cc(CN2Cc3ccnn3[C@H](CC(=O)NCc3ccccn3)C2)cn1. The summed E-state index contributed by atoms with van der Waals surface area (Å²) in [5.41, 5.74) is 3.16. The average molecular weight is 365 g/mol. The van der Waals surface area contributed by atoms with Crippen LogP contribution < -0.4 is 5.32 Å². The molecule has 1 amide bonds. The summed E-state index contributed by atoms with van der Waals surface area (Å²) in [6, 6.07) is 7.73. The molecule has 1 atom stereocenters. The largest absolute Gasteiger partial charge is 0.350 e. The summed E-state index contributed by atoms with van der Waals surface area (Å²) >= 11 is 0. The van der Waals surface area contributed by atoms with Crippen LogP contribution in [0.5, 0.6) is 0 Å². The molecule has 3 aromatic rings. The molecule has 27 heavy (non-hydrogen) atoms. The molecule has 0 fully saturated rings. The van der Waals surface area contributed by atoms with Crippen LogP contribution in [0.1, 0.15) is 29.4 Å². The zero-order valence-electron chi connectivity index (χ0n) is 15.3. The molecule has 8 heteroatoms. The molecule has 1 N–H and O–H groups in total. The van der Waals surface area contributed by atoms with Crippen LogP contribution in [0.4, 0.5) is 0 Å². The smallest absolute Gasteiger partial charge is 0.222 e. The standard InChI is InChI=1S/C19H23N7O/c1-24-11-15(9-23-24)12-25-13-17-5-7-22-26(17)18(14-25)8-19(27)21-10-16-4-2-3-6-20-16/h2-7,9,11,18H,8,10,12-14H2,1H3,(H,21,27)/t18-/m1/s1. The van der Waals surface area contributed by atoms with E-state index in [4.69, 9.17) is 0 Å². The van der Waals surface area contributed by atoms with E-state index in [-0.39, 0.29) is 11.9 Å². The number of aromatic nitrogens is 5. The molecule has 8 nitrogen and oxygen atoms in total. The number of carbonyl (C=O) groups is 1. The van der Waals surface area contributed by atoms with Crippen LogP contribution in [0.25, 0.3) is 0 Å². The lowest BCUT2D eigenvalue weighted by molar-refractivity contribution is -0.122. The number of rotatable bonds is 6. The van der Waals surface area contributed by atoms with Gasteiger partial charge in [-0.05, 0) is 18.2 Å². The quantitative estimate of drug-likeness (QED) is 0.712. The molecular weight excluding hydrogens is 342 g/mol. The molecule has 140 valence electrons. The molecule has 0 saturated carbocycles. The van der Waals surface area contributed by atoms with Gasteiger partial charge in [-0.3, -0.25) is 24.0 Å². The van der Waals surface area contributed by atoms with E-state index >= 15 is 0 Å². The summed E-state index contributed by atoms with van der Waals surface area (Å²) in [5.74, 6) is 0.00957. The average Bonchev–Trinajstić information content (AvgIpc) is 3.30. The van der Waals surface area contributed by atoms with E-state index in [1.54, 1.807) is 6.20 Å². The Balaban J connectivity index is 1.39. The van der Waals surface area contributed by atoms with Gasteiger partial charge in [0.05, 0.1) is 36.6 Å². The van der Waals surface area contributed by atoms with Gasteiger partial charge in [0, 0.05) is 50.8 Å². The van der Waals surface area contributed by atoms with Crippen LogP contribution in [0, 0.1) is 0 Å². The molecule has 0 saturated heterocycles. The molecule has 0 spiro atoms. The Morgan fingerprint density at radius 2 is 2.19 bits per heavy atom. The van der Waals surface area contributed by atoms with Gasteiger partial charge in [0.2, 0.25) is 5.91 Å². The fourth-order valence-electron chi connectivity index (χ4n) is 3.53. The van der Waals surface area contributed by atoms with Gasteiger partial charge in [-0.25, -0.2) is 0 Å². The maximum absolute atomic E-state index is 12.5. The molecule has 0 radical (unpaired) electrons. The van der Waals surface area contributed by atoms with Crippen LogP contribution in [0.3, 0.4) is 0 Å². The number of nitrogens with one attached hydrogen (secondary N) is 1. The second-order valence-corrected chi connectivity index (χ2v) is 6.91. The van der Waals surface area contributed by atoms with Crippen molar-refractivity contribution in [2.24, 2.45) is 7.05 Å². The highest BCUT2D eigenvalue weighted by Gasteiger charge is 2.27. The summed E-state index contributed by atoms with van der Waals surface area (Å²) in [4.78, 5) is 19.0. The molecular formula is C19H23N7O. The first kappa shape index (κ1) is 17.4. The number of aryl methyl sites for hydroxylation is 1. The zero-order valence-corrected chi connectivity index (χ0v) is 15.3. The molecule has 1 aliphatic rings. The molecule has 4 heterocycles. The van der Waals surface area contributed by atoms with Crippen molar-refractivity contribution in [3.63, 3.8) is 0 Å². The summed E-state index contributed by atoms with van der Waals surface area (Å²) in [7, 11) is 1.92. The number of carbonyl (C=O) groups excluding carboxylic acids is 1. The molecule has 0 unspecified atom stereocenters. The number of amides is 1. The van der Waals surface area contributed by atoms with E-state index < -0.39 is 0 Å². The van der Waals surface area contributed by atoms with Gasteiger partial charge in [0.25, 0.3) is 0 Å². The third-order valence-corrected chi connectivity index (χ3v) is 4.73. The second-order valence-electron chi connectivity index (χ2n) is 6.91. The second kappa shape index (κ2) is 7.71. The number of hydrogen-bond donors (Lipinski definition) is 1. The lowest BCUT2D eigenvalue weighted by Crippen LogP contribution is -2.39. The van der Waals surface area contributed by atoms with Crippen molar-refractivity contribution >= 4 is 5.91 Å². The Labute approximate surface area is 157 Å².